The second-order valence-corrected chi connectivity index (χ2v) is 4.15. The van der Waals surface area contributed by atoms with Gasteiger partial charge in [0, 0.05) is 0 Å². The summed E-state index contributed by atoms with van der Waals surface area (Å²) in [6, 6.07) is 0. The topological polar surface area (TPSA) is 50.4 Å². The van der Waals surface area contributed by atoms with E-state index < -0.39 is 24.1 Å². The molecule has 1 aliphatic rings. The van der Waals surface area contributed by atoms with Crippen molar-refractivity contribution >= 4 is 5.91 Å². The van der Waals surface area contributed by atoms with Crippen LogP contribution in [0.15, 0.2) is 0 Å². The van der Waals surface area contributed by atoms with Crippen LogP contribution in [-0.2, 0) is 9.63 Å². The maximum absolute atomic E-state index is 11.8. The average Bonchev–Trinajstić information content (AvgIpc) is 2.16. The molecular formula is C9H15F3N2O2. The fourth-order valence-corrected chi connectivity index (χ4v) is 1.51. The van der Waals surface area contributed by atoms with Crippen LogP contribution in [0.3, 0.4) is 0 Å². The molecule has 0 aromatic heterocycles. The predicted octanol–water partition coefficient (Wildman–Crippen LogP) is 0.986. The molecule has 0 aromatic rings. The van der Waals surface area contributed by atoms with Crippen LogP contribution in [0.5, 0.6) is 0 Å². The Morgan fingerprint density at radius 3 is 2.50 bits per heavy atom. The summed E-state index contributed by atoms with van der Waals surface area (Å²) in [5.41, 5.74) is 1.22. The van der Waals surface area contributed by atoms with Crippen molar-refractivity contribution in [3.8, 4) is 0 Å². The number of piperidine rings is 1. The number of nitrogens with one attached hydrogen (secondary N) is 2. The fourth-order valence-electron chi connectivity index (χ4n) is 1.51. The van der Waals surface area contributed by atoms with Crippen molar-refractivity contribution in [2.45, 2.75) is 25.9 Å². The summed E-state index contributed by atoms with van der Waals surface area (Å²) in [6.07, 6.45) is -3.25. The highest BCUT2D eigenvalue weighted by Crippen LogP contribution is 2.28. The lowest BCUT2D eigenvalue weighted by atomic mass is 9.80. The quantitative estimate of drug-likeness (QED) is 0.723. The summed E-state index contributed by atoms with van der Waals surface area (Å²) in [6.45, 7) is 1.62. The second-order valence-electron chi connectivity index (χ2n) is 4.15. The second kappa shape index (κ2) is 5.01. The van der Waals surface area contributed by atoms with Gasteiger partial charge in [0.15, 0.2) is 6.61 Å². The van der Waals surface area contributed by atoms with E-state index >= 15 is 0 Å². The van der Waals surface area contributed by atoms with E-state index in [2.05, 4.69) is 10.2 Å². The van der Waals surface area contributed by atoms with Crippen LogP contribution >= 0.6 is 0 Å². The standard InChI is InChI=1S/C9H15F3N2O2/c1-8(2-4-13-5-3-8)7(15)14-16-6-9(10,11)12/h13H,2-6H2,1H3,(H,14,15). The van der Waals surface area contributed by atoms with Gasteiger partial charge in [0.2, 0.25) is 5.91 Å². The van der Waals surface area contributed by atoms with Gasteiger partial charge in [0.05, 0.1) is 5.41 Å². The minimum atomic E-state index is -4.43. The van der Waals surface area contributed by atoms with Crippen molar-refractivity contribution in [3.63, 3.8) is 0 Å². The van der Waals surface area contributed by atoms with E-state index in [4.69, 9.17) is 0 Å². The predicted molar refractivity (Wildman–Crippen MR) is 50.4 cm³/mol. The Balaban J connectivity index is 2.34. The van der Waals surface area contributed by atoms with Crippen LogP contribution in [0.2, 0.25) is 0 Å². The average molecular weight is 240 g/mol. The van der Waals surface area contributed by atoms with E-state index in [0.717, 1.165) is 0 Å². The molecule has 0 saturated carbocycles. The molecule has 7 heteroatoms. The number of amides is 1. The van der Waals surface area contributed by atoms with Crippen molar-refractivity contribution < 1.29 is 22.8 Å². The molecule has 0 aliphatic carbocycles. The summed E-state index contributed by atoms with van der Waals surface area (Å²) in [7, 11) is 0. The van der Waals surface area contributed by atoms with Gasteiger partial charge in [-0.25, -0.2) is 5.48 Å². The number of hydrogen-bond donors (Lipinski definition) is 2. The Morgan fingerprint density at radius 1 is 1.44 bits per heavy atom. The zero-order valence-electron chi connectivity index (χ0n) is 8.99. The molecule has 0 bridgehead atoms. The number of carbonyl (C=O) groups excluding carboxylic acids is 1. The molecule has 1 fully saturated rings. The number of halogens is 3. The molecule has 0 radical (unpaired) electrons. The summed E-state index contributed by atoms with van der Waals surface area (Å²) in [5, 5.41) is 3.07. The normalized spacial score (nSPS) is 20.5. The molecular weight excluding hydrogens is 225 g/mol. The molecule has 0 unspecified atom stereocenters. The van der Waals surface area contributed by atoms with Crippen LogP contribution in [-0.4, -0.2) is 31.8 Å². The molecule has 1 saturated heterocycles. The van der Waals surface area contributed by atoms with Gasteiger partial charge in [0.1, 0.15) is 0 Å². The lowest BCUT2D eigenvalue weighted by Crippen LogP contribution is -2.46. The maximum Gasteiger partial charge on any atom is 0.414 e. The molecule has 0 aromatic carbocycles. The van der Waals surface area contributed by atoms with Crippen molar-refractivity contribution in [1.29, 1.82) is 0 Å². The highest BCUT2D eigenvalue weighted by Gasteiger charge is 2.35. The van der Waals surface area contributed by atoms with Crippen molar-refractivity contribution in [2.75, 3.05) is 19.7 Å². The highest BCUT2D eigenvalue weighted by atomic mass is 19.4. The smallest absolute Gasteiger partial charge is 0.317 e. The molecule has 4 nitrogen and oxygen atoms in total. The van der Waals surface area contributed by atoms with Crippen molar-refractivity contribution in [2.24, 2.45) is 5.41 Å². The van der Waals surface area contributed by atoms with E-state index in [-0.39, 0.29) is 0 Å². The molecule has 0 atom stereocenters. The number of rotatable bonds is 3. The highest BCUT2D eigenvalue weighted by molar-refractivity contribution is 5.81. The first-order valence-corrected chi connectivity index (χ1v) is 5.03. The lowest BCUT2D eigenvalue weighted by Gasteiger charge is -2.32. The first kappa shape index (κ1) is 13.2. The largest absolute Gasteiger partial charge is 0.414 e. The molecule has 2 N–H and O–H groups in total. The molecule has 1 heterocycles. The zero-order chi connectivity index (χ0) is 12.2. The summed E-state index contributed by atoms with van der Waals surface area (Å²) in [5.74, 6) is -0.488. The third-order valence-electron chi connectivity index (χ3n) is 2.66. The summed E-state index contributed by atoms with van der Waals surface area (Å²) >= 11 is 0. The monoisotopic (exact) mass is 240 g/mol. The van der Waals surface area contributed by atoms with Crippen LogP contribution < -0.4 is 10.8 Å². The van der Waals surface area contributed by atoms with E-state index in [1.807, 2.05) is 5.48 Å². The van der Waals surface area contributed by atoms with E-state index in [9.17, 15) is 18.0 Å². The van der Waals surface area contributed by atoms with Crippen LogP contribution in [0.4, 0.5) is 13.2 Å². The Kier molecular flexibility index (Phi) is 4.15. The summed E-state index contributed by atoms with van der Waals surface area (Å²) in [4.78, 5) is 15.7. The van der Waals surface area contributed by atoms with Crippen LogP contribution in [0.1, 0.15) is 19.8 Å². The zero-order valence-corrected chi connectivity index (χ0v) is 8.99. The fraction of sp³-hybridized carbons (Fsp3) is 0.889. The first-order chi connectivity index (χ1) is 7.33. The van der Waals surface area contributed by atoms with Gasteiger partial charge in [-0.05, 0) is 25.9 Å². The van der Waals surface area contributed by atoms with Crippen LogP contribution in [0.25, 0.3) is 0 Å². The van der Waals surface area contributed by atoms with Crippen molar-refractivity contribution in [1.82, 2.24) is 10.8 Å². The number of carbonyl (C=O) groups is 1. The Hall–Kier alpha value is -0.820. The van der Waals surface area contributed by atoms with Crippen molar-refractivity contribution in [3.05, 3.63) is 0 Å². The number of hydrogen-bond acceptors (Lipinski definition) is 3. The lowest BCUT2D eigenvalue weighted by molar-refractivity contribution is -0.194. The third-order valence-corrected chi connectivity index (χ3v) is 2.66. The van der Waals surface area contributed by atoms with Gasteiger partial charge in [0.25, 0.3) is 0 Å². The third kappa shape index (κ3) is 3.97. The first-order valence-electron chi connectivity index (χ1n) is 5.03. The summed E-state index contributed by atoms with van der Waals surface area (Å²) < 4.78 is 35.3. The number of alkyl halides is 3. The minimum absolute atomic E-state index is 0.488. The SMILES string of the molecule is CC1(C(=O)NOCC(F)(F)F)CCNCC1. The molecule has 1 aliphatic heterocycles. The Bertz CT molecular complexity index is 250. The van der Waals surface area contributed by atoms with E-state index in [0.29, 0.717) is 25.9 Å². The van der Waals surface area contributed by atoms with Gasteiger partial charge in [-0.2, -0.15) is 13.2 Å². The molecule has 94 valence electrons. The minimum Gasteiger partial charge on any atom is -0.317 e. The Labute approximate surface area is 91.5 Å². The van der Waals surface area contributed by atoms with E-state index in [1.165, 1.54) is 0 Å². The molecule has 1 rings (SSSR count). The van der Waals surface area contributed by atoms with Gasteiger partial charge in [-0.15, -0.1) is 0 Å². The van der Waals surface area contributed by atoms with Gasteiger partial charge in [-0.3, -0.25) is 9.63 Å². The number of hydroxylamine groups is 1. The van der Waals surface area contributed by atoms with Gasteiger partial charge in [-0.1, -0.05) is 6.92 Å². The van der Waals surface area contributed by atoms with E-state index in [1.54, 1.807) is 6.92 Å². The molecule has 16 heavy (non-hydrogen) atoms. The molecule has 0 spiro atoms. The van der Waals surface area contributed by atoms with Crippen LogP contribution in [0, 0.1) is 5.41 Å². The van der Waals surface area contributed by atoms with Gasteiger partial charge < -0.3 is 5.32 Å². The van der Waals surface area contributed by atoms with Gasteiger partial charge >= 0.3 is 6.18 Å². The Morgan fingerprint density at radius 2 is 2.00 bits per heavy atom. The molecule has 1 amide bonds. The maximum atomic E-state index is 11.8.